The van der Waals surface area contributed by atoms with E-state index in [9.17, 15) is 13.2 Å². The molecule has 1 amide bonds. The molecule has 0 bridgehead atoms. The molecular formula is C17H23N3O4S. The van der Waals surface area contributed by atoms with Crippen molar-refractivity contribution in [1.29, 1.82) is 0 Å². The van der Waals surface area contributed by atoms with Crippen LogP contribution in [0.3, 0.4) is 0 Å². The average molecular weight is 365 g/mol. The number of aromatic nitrogens is 1. The maximum atomic E-state index is 12.9. The van der Waals surface area contributed by atoms with Gasteiger partial charge in [-0.15, -0.1) is 0 Å². The number of amides is 1. The van der Waals surface area contributed by atoms with Crippen LogP contribution in [0.25, 0.3) is 0 Å². The van der Waals surface area contributed by atoms with Gasteiger partial charge in [-0.2, -0.15) is 4.31 Å². The Hall–Kier alpha value is -2.19. The van der Waals surface area contributed by atoms with E-state index in [0.29, 0.717) is 5.76 Å². The van der Waals surface area contributed by atoms with Crippen LogP contribution < -0.4 is 5.32 Å². The van der Waals surface area contributed by atoms with Gasteiger partial charge in [0, 0.05) is 12.6 Å². The molecule has 8 heteroatoms. The molecule has 0 unspecified atom stereocenters. The van der Waals surface area contributed by atoms with Crippen LogP contribution in [0.1, 0.15) is 25.2 Å². The van der Waals surface area contributed by atoms with Crippen LogP contribution in [0.15, 0.2) is 39.8 Å². The first kappa shape index (κ1) is 19.1. The monoisotopic (exact) mass is 365 g/mol. The molecule has 2 rings (SSSR count). The van der Waals surface area contributed by atoms with Crippen molar-refractivity contribution in [3.05, 3.63) is 41.7 Å². The van der Waals surface area contributed by atoms with Crippen molar-refractivity contribution in [2.24, 2.45) is 5.92 Å². The van der Waals surface area contributed by atoms with Crippen LogP contribution in [-0.2, 0) is 14.8 Å². The standard InChI is InChI=1S/C17H23N3O4S/c1-12(2)10-20(11-17(21)18-16-9-14(4)24-19-16)25(22,23)15-7-5-13(3)6-8-15/h5-9,12H,10-11H2,1-4H3,(H,18,19,21). The summed E-state index contributed by atoms with van der Waals surface area (Å²) in [5.41, 5.74) is 0.966. The zero-order valence-corrected chi connectivity index (χ0v) is 15.6. The number of aryl methyl sites for hydroxylation is 2. The summed E-state index contributed by atoms with van der Waals surface area (Å²) in [5.74, 6) is 0.424. The Bertz CT molecular complexity index is 826. The Balaban J connectivity index is 2.19. The average Bonchev–Trinajstić information content (AvgIpc) is 2.91. The minimum absolute atomic E-state index is 0.0716. The van der Waals surface area contributed by atoms with Crippen molar-refractivity contribution < 1.29 is 17.7 Å². The number of sulfonamides is 1. The number of anilines is 1. The Morgan fingerprint density at radius 1 is 1.24 bits per heavy atom. The van der Waals surface area contributed by atoms with Crippen LogP contribution in [0.2, 0.25) is 0 Å². The second-order valence-corrected chi connectivity index (χ2v) is 8.31. The zero-order chi connectivity index (χ0) is 18.6. The van der Waals surface area contributed by atoms with Crippen LogP contribution in [-0.4, -0.2) is 36.9 Å². The van der Waals surface area contributed by atoms with Crippen LogP contribution in [0, 0.1) is 19.8 Å². The Morgan fingerprint density at radius 2 is 1.88 bits per heavy atom. The van der Waals surface area contributed by atoms with Crippen LogP contribution in [0.5, 0.6) is 0 Å². The molecule has 0 aliphatic carbocycles. The fourth-order valence-corrected chi connectivity index (χ4v) is 3.84. The quantitative estimate of drug-likeness (QED) is 0.814. The predicted molar refractivity (Wildman–Crippen MR) is 94.6 cm³/mol. The second kappa shape index (κ2) is 7.79. The molecule has 2 aromatic rings. The van der Waals surface area contributed by atoms with Gasteiger partial charge >= 0.3 is 0 Å². The fraction of sp³-hybridized carbons (Fsp3) is 0.412. The van der Waals surface area contributed by atoms with E-state index in [2.05, 4.69) is 10.5 Å². The Kier molecular flexibility index (Phi) is 5.97. The number of nitrogens with one attached hydrogen (secondary N) is 1. The third-order valence-corrected chi connectivity index (χ3v) is 5.27. The number of carbonyl (C=O) groups excluding carboxylic acids is 1. The Labute approximate surface area is 148 Å². The first-order chi connectivity index (χ1) is 11.7. The van der Waals surface area contributed by atoms with Gasteiger partial charge in [0.15, 0.2) is 5.82 Å². The molecular weight excluding hydrogens is 342 g/mol. The van der Waals surface area contributed by atoms with Crippen LogP contribution >= 0.6 is 0 Å². The van der Waals surface area contributed by atoms with Gasteiger partial charge in [0.2, 0.25) is 15.9 Å². The van der Waals surface area contributed by atoms with Crippen molar-refractivity contribution in [2.75, 3.05) is 18.4 Å². The predicted octanol–water partition coefficient (Wildman–Crippen LogP) is 2.58. The lowest BCUT2D eigenvalue weighted by atomic mass is 10.2. The van der Waals surface area contributed by atoms with Crippen molar-refractivity contribution in [3.8, 4) is 0 Å². The molecule has 0 saturated heterocycles. The SMILES string of the molecule is Cc1ccc(S(=O)(=O)N(CC(=O)Nc2cc(C)on2)CC(C)C)cc1. The Morgan fingerprint density at radius 3 is 2.40 bits per heavy atom. The largest absolute Gasteiger partial charge is 0.360 e. The maximum Gasteiger partial charge on any atom is 0.243 e. The number of rotatable bonds is 7. The van der Waals surface area contributed by atoms with E-state index in [4.69, 9.17) is 4.52 Å². The van der Waals surface area contributed by atoms with E-state index in [-0.39, 0.29) is 29.7 Å². The molecule has 0 atom stereocenters. The van der Waals surface area contributed by atoms with E-state index in [1.807, 2.05) is 20.8 Å². The van der Waals surface area contributed by atoms with E-state index in [0.717, 1.165) is 5.56 Å². The summed E-state index contributed by atoms with van der Waals surface area (Å²) in [6, 6.07) is 8.14. The van der Waals surface area contributed by atoms with Gasteiger partial charge in [-0.05, 0) is 31.9 Å². The first-order valence-electron chi connectivity index (χ1n) is 7.98. The molecule has 136 valence electrons. The smallest absolute Gasteiger partial charge is 0.243 e. The van der Waals surface area contributed by atoms with Gasteiger partial charge in [0.05, 0.1) is 11.4 Å². The molecule has 0 radical (unpaired) electrons. The highest BCUT2D eigenvalue weighted by Crippen LogP contribution is 2.18. The lowest BCUT2D eigenvalue weighted by Crippen LogP contribution is -2.40. The number of benzene rings is 1. The lowest BCUT2D eigenvalue weighted by Gasteiger charge is -2.23. The summed E-state index contributed by atoms with van der Waals surface area (Å²) < 4.78 is 31.8. The van der Waals surface area contributed by atoms with E-state index >= 15 is 0 Å². The molecule has 0 spiro atoms. The van der Waals surface area contributed by atoms with Gasteiger partial charge < -0.3 is 9.84 Å². The summed E-state index contributed by atoms with van der Waals surface area (Å²) in [5, 5.41) is 6.23. The molecule has 1 aromatic carbocycles. The summed E-state index contributed by atoms with van der Waals surface area (Å²) in [4.78, 5) is 12.4. The summed E-state index contributed by atoms with van der Waals surface area (Å²) in [6.45, 7) is 7.33. The lowest BCUT2D eigenvalue weighted by molar-refractivity contribution is -0.116. The van der Waals surface area contributed by atoms with Crippen molar-refractivity contribution in [3.63, 3.8) is 0 Å². The van der Waals surface area contributed by atoms with Crippen molar-refractivity contribution in [2.45, 2.75) is 32.6 Å². The molecule has 0 aliphatic heterocycles. The van der Waals surface area contributed by atoms with Gasteiger partial charge in [-0.25, -0.2) is 8.42 Å². The third kappa shape index (κ3) is 5.14. The molecule has 0 saturated carbocycles. The van der Waals surface area contributed by atoms with Gasteiger partial charge in [0.1, 0.15) is 5.76 Å². The summed E-state index contributed by atoms with van der Waals surface area (Å²) in [6.07, 6.45) is 0. The maximum absolute atomic E-state index is 12.9. The second-order valence-electron chi connectivity index (χ2n) is 6.38. The number of hydrogen-bond donors (Lipinski definition) is 1. The highest BCUT2D eigenvalue weighted by atomic mass is 32.2. The highest BCUT2D eigenvalue weighted by Gasteiger charge is 2.27. The third-order valence-electron chi connectivity index (χ3n) is 3.44. The molecule has 1 aromatic heterocycles. The normalized spacial score (nSPS) is 11.9. The van der Waals surface area contributed by atoms with Crippen LogP contribution in [0.4, 0.5) is 5.82 Å². The number of nitrogens with zero attached hydrogens (tertiary/aromatic N) is 2. The minimum Gasteiger partial charge on any atom is -0.360 e. The van der Waals surface area contributed by atoms with Crippen molar-refractivity contribution >= 4 is 21.7 Å². The minimum atomic E-state index is -3.77. The molecule has 1 N–H and O–H groups in total. The van der Waals surface area contributed by atoms with Crippen molar-refractivity contribution in [1.82, 2.24) is 9.46 Å². The van der Waals surface area contributed by atoms with Gasteiger partial charge in [-0.3, -0.25) is 4.79 Å². The number of carbonyl (C=O) groups is 1. The number of hydrogen-bond acceptors (Lipinski definition) is 5. The molecule has 1 heterocycles. The summed E-state index contributed by atoms with van der Waals surface area (Å²) >= 11 is 0. The topological polar surface area (TPSA) is 92.5 Å². The fourth-order valence-electron chi connectivity index (χ4n) is 2.28. The van der Waals surface area contributed by atoms with E-state index in [1.165, 1.54) is 4.31 Å². The molecule has 7 nitrogen and oxygen atoms in total. The van der Waals surface area contributed by atoms with Gasteiger partial charge in [-0.1, -0.05) is 36.7 Å². The van der Waals surface area contributed by atoms with Gasteiger partial charge in [0.25, 0.3) is 0 Å². The van der Waals surface area contributed by atoms with E-state index < -0.39 is 15.9 Å². The molecule has 0 aliphatic rings. The zero-order valence-electron chi connectivity index (χ0n) is 14.8. The first-order valence-corrected chi connectivity index (χ1v) is 9.42. The molecule has 0 fully saturated rings. The highest BCUT2D eigenvalue weighted by molar-refractivity contribution is 7.89. The summed E-state index contributed by atoms with van der Waals surface area (Å²) in [7, 11) is -3.77. The van der Waals surface area contributed by atoms with E-state index in [1.54, 1.807) is 37.3 Å². The molecule has 25 heavy (non-hydrogen) atoms.